The minimum Gasteiger partial charge on any atom is -0.376 e. The standard InChI is InChI=1S/C25H32FN3O5S/c26-23-8-2-1-5-19(23)17-35(31,32)25-27-13-20(29(25)16-22-7-4-12-34-22)14-28(24(30)18-9-10-18)15-21-6-3-11-33-21/h1-2,5,8,13,18,21-22H,3-4,6-7,9-12,14-17H2/t21-,22+/m0/s1. The van der Waals surface area contributed by atoms with Crippen molar-refractivity contribution in [1.29, 1.82) is 0 Å². The van der Waals surface area contributed by atoms with Gasteiger partial charge in [0.05, 0.1) is 42.9 Å². The van der Waals surface area contributed by atoms with E-state index in [0.29, 0.717) is 32.0 Å². The Labute approximate surface area is 205 Å². The van der Waals surface area contributed by atoms with E-state index in [1.807, 2.05) is 0 Å². The number of carbonyl (C=O) groups excluding carboxylic acids is 1. The average Bonchev–Trinajstić information content (AvgIpc) is 3.18. The number of hydrogen-bond donors (Lipinski definition) is 0. The fraction of sp³-hybridized carbons (Fsp3) is 0.600. The van der Waals surface area contributed by atoms with E-state index < -0.39 is 21.4 Å². The van der Waals surface area contributed by atoms with Crippen LogP contribution in [0, 0.1) is 11.7 Å². The second kappa shape index (κ2) is 10.4. The summed E-state index contributed by atoms with van der Waals surface area (Å²) in [6.07, 6.45) is 6.80. The zero-order valence-electron chi connectivity index (χ0n) is 19.8. The number of rotatable bonds is 10. The van der Waals surface area contributed by atoms with Crippen LogP contribution >= 0.6 is 0 Å². The maximum absolute atomic E-state index is 14.2. The molecule has 0 unspecified atom stereocenters. The van der Waals surface area contributed by atoms with Crippen molar-refractivity contribution in [2.24, 2.45) is 5.92 Å². The molecule has 2 aliphatic heterocycles. The first-order valence-corrected chi connectivity index (χ1v) is 14.1. The molecule has 190 valence electrons. The summed E-state index contributed by atoms with van der Waals surface area (Å²) in [6.45, 7) is 2.40. The molecule has 0 radical (unpaired) electrons. The van der Waals surface area contributed by atoms with Gasteiger partial charge in [-0.2, -0.15) is 0 Å². The quantitative estimate of drug-likeness (QED) is 0.493. The Morgan fingerprint density at radius 1 is 1.09 bits per heavy atom. The molecule has 10 heteroatoms. The minimum atomic E-state index is -3.94. The SMILES string of the molecule is O=C(C1CC1)N(Cc1cnc(S(=O)(=O)Cc2ccccc2F)n1C[C@H]1CCCO1)C[C@@H]1CCCO1. The Morgan fingerprint density at radius 3 is 2.46 bits per heavy atom. The third-order valence-corrected chi connectivity index (χ3v) is 8.51. The Hall–Kier alpha value is -2.30. The highest BCUT2D eigenvalue weighted by Gasteiger charge is 2.36. The maximum atomic E-state index is 14.2. The number of halogens is 1. The number of benzene rings is 1. The fourth-order valence-corrected chi connectivity index (χ4v) is 6.40. The summed E-state index contributed by atoms with van der Waals surface area (Å²) in [7, 11) is -3.94. The van der Waals surface area contributed by atoms with Crippen molar-refractivity contribution in [3.05, 3.63) is 47.5 Å². The molecule has 5 rings (SSSR count). The molecular formula is C25H32FN3O5S. The van der Waals surface area contributed by atoms with Crippen LogP contribution in [0.25, 0.3) is 0 Å². The van der Waals surface area contributed by atoms with Crippen molar-refractivity contribution >= 4 is 15.7 Å². The average molecular weight is 506 g/mol. The summed E-state index contributed by atoms with van der Waals surface area (Å²) in [6, 6.07) is 5.87. The van der Waals surface area contributed by atoms with E-state index >= 15 is 0 Å². The number of aromatic nitrogens is 2. The summed E-state index contributed by atoms with van der Waals surface area (Å²) in [5.41, 5.74) is 0.740. The van der Waals surface area contributed by atoms with E-state index in [2.05, 4.69) is 4.98 Å². The van der Waals surface area contributed by atoms with Crippen molar-refractivity contribution in [2.45, 2.75) is 74.7 Å². The number of amides is 1. The van der Waals surface area contributed by atoms with Crippen LogP contribution in [0.5, 0.6) is 0 Å². The summed E-state index contributed by atoms with van der Waals surface area (Å²) in [5, 5.41) is -0.109. The van der Waals surface area contributed by atoms with Crippen molar-refractivity contribution in [3.8, 4) is 0 Å². The van der Waals surface area contributed by atoms with Crippen LogP contribution in [0.15, 0.2) is 35.6 Å². The van der Waals surface area contributed by atoms with Gasteiger partial charge in [-0.1, -0.05) is 18.2 Å². The molecule has 0 spiro atoms. The van der Waals surface area contributed by atoms with E-state index in [4.69, 9.17) is 9.47 Å². The molecule has 3 aliphatic rings. The topological polar surface area (TPSA) is 90.7 Å². The minimum absolute atomic E-state index is 0.00324. The third kappa shape index (κ3) is 5.76. The normalized spacial score (nSPS) is 22.5. The molecule has 1 saturated carbocycles. The number of sulfone groups is 1. The lowest BCUT2D eigenvalue weighted by Crippen LogP contribution is -2.38. The molecule has 1 aliphatic carbocycles. The highest BCUT2D eigenvalue weighted by atomic mass is 32.2. The first-order chi connectivity index (χ1) is 16.9. The van der Waals surface area contributed by atoms with E-state index in [1.54, 1.807) is 15.5 Å². The van der Waals surface area contributed by atoms with Gasteiger partial charge in [0, 0.05) is 31.2 Å². The molecule has 1 aromatic heterocycles. The second-order valence-electron chi connectivity index (χ2n) is 9.76. The predicted octanol–water partition coefficient (Wildman–Crippen LogP) is 3.09. The summed E-state index contributed by atoms with van der Waals surface area (Å²) in [5.74, 6) is -0.926. The summed E-state index contributed by atoms with van der Waals surface area (Å²) < 4.78 is 54.2. The molecule has 3 fully saturated rings. The number of nitrogens with zero attached hydrogens (tertiary/aromatic N) is 3. The van der Waals surface area contributed by atoms with Gasteiger partial charge in [-0.05, 0) is 44.6 Å². The van der Waals surface area contributed by atoms with E-state index in [1.165, 1.54) is 24.4 Å². The smallest absolute Gasteiger partial charge is 0.228 e. The Morgan fingerprint density at radius 2 is 1.80 bits per heavy atom. The van der Waals surface area contributed by atoms with Crippen LogP contribution < -0.4 is 0 Å². The molecule has 35 heavy (non-hydrogen) atoms. The number of imidazole rings is 1. The van der Waals surface area contributed by atoms with Crippen LogP contribution in [0.3, 0.4) is 0 Å². The molecule has 2 saturated heterocycles. The van der Waals surface area contributed by atoms with E-state index in [9.17, 15) is 17.6 Å². The van der Waals surface area contributed by atoms with Gasteiger partial charge in [0.25, 0.3) is 0 Å². The van der Waals surface area contributed by atoms with Crippen LogP contribution in [-0.4, -0.2) is 60.7 Å². The Bertz CT molecular complexity index is 1150. The van der Waals surface area contributed by atoms with Gasteiger partial charge in [0.2, 0.25) is 20.9 Å². The number of carbonyl (C=O) groups is 1. The monoisotopic (exact) mass is 505 g/mol. The lowest BCUT2D eigenvalue weighted by Gasteiger charge is -2.26. The van der Waals surface area contributed by atoms with Crippen molar-refractivity contribution in [2.75, 3.05) is 19.8 Å². The van der Waals surface area contributed by atoms with Crippen LogP contribution in [0.2, 0.25) is 0 Å². The second-order valence-corrected chi connectivity index (χ2v) is 11.6. The fourth-order valence-electron chi connectivity index (χ4n) is 4.89. The zero-order valence-corrected chi connectivity index (χ0v) is 20.6. The van der Waals surface area contributed by atoms with Gasteiger partial charge in [0.1, 0.15) is 5.82 Å². The summed E-state index contributed by atoms with van der Waals surface area (Å²) in [4.78, 5) is 19.2. The van der Waals surface area contributed by atoms with Gasteiger partial charge < -0.3 is 18.9 Å². The van der Waals surface area contributed by atoms with Gasteiger partial charge in [-0.15, -0.1) is 0 Å². The number of hydrogen-bond acceptors (Lipinski definition) is 6. The Kier molecular flexibility index (Phi) is 7.22. The van der Waals surface area contributed by atoms with Crippen molar-refractivity contribution in [3.63, 3.8) is 0 Å². The lowest BCUT2D eigenvalue weighted by atomic mass is 10.2. The van der Waals surface area contributed by atoms with Crippen LogP contribution in [0.1, 0.15) is 49.8 Å². The predicted molar refractivity (Wildman–Crippen MR) is 126 cm³/mol. The molecule has 1 amide bonds. The van der Waals surface area contributed by atoms with Gasteiger partial charge in [-0.25, -0.2) is 17.8 Å². The Balaban J connectivity index is 1.44. The lowest BCUT2D eigenvalue weighted by molar-refractivity contribution is -0.134. The van der Waals surface area contributed by atoms with Crippen molar-refractivity contribution in [1.82, 2.24) is 14.5 Å². The van der Waals surface area contributed by atoms with Gasteiger partial charge >= 0.3 is 0 Å². The largest absolute Gasteiger partial charge is 0.376 e. The molecule has 3 heterocycles. The zero-order chi connectivity index (χ0) is 24.4. The molecule has 0 N–H and O–H groups in total. The van der Waals surface area contributed by atoms with Crippen LogP contribution in [0.4, 0.5) is 4.39 Å². The first-order valence-electron chi connectivity index (χ1n) is 12.4. The van der Waals surface area contributed by atoms with E-state index in [0.717, 1.165) is 38.5 Å². The van der Waals surface area contributed by atoms with Crippen LogP contribution in [-0.2, 0) is 42.9 Å². The molecule has 8 nitrogen and oxygen atoms in total. The molecule has 0 bridgehead atoms. The molecule has 1 aromatic carbocycles. The molecular weight excluding hydrogens is 473 g/mol. The first kappa shape index (κ1) is 24.4. The van der Waals surface area contributed by atoms with Crippen molar-refractivity contribution < 1.29 is 27.1 Å². The van der Waals surface area contributed by atoms with Gasteiger partial charge in [-0.3, -0.25) is 4.79 Å². The maximum Gasteiger partial charge on any atom is 0.228 e. The van der Waals surface area contributed by atoms with Gasteiger partial charge in [0.15, 0.2) is 0 Å². The number of ether oxygens (including phenoxy) is 2. The highest BCUT2D eigenvalue weighted by molar-refractivity contribution is 7.90. The third-order valence-electron chi connectivity index (χ3n) is 6.93. The highest BCUT2D eigenvalue weighted by Crippen LogP contribution is 2.32. The molecule has 2 aromatic rings. The summed E-state index contributed by atoms with van der Waals surface area (Å²) >= 11 is 0. The molecule has 2 atom stereocenters. The van der Waals surface area contributed by atoms with E-state index in [-0.39, 0.29) is 41.3 Å².